The average molecular weight is 575 g/mol. The number of aromatic carboxylic acids is 1. The van der Waals surface area contributed by atoms with Gasteiger partial charge in [-0.05, 0) is 48.9 Å². The molecule has 194 valence electrons. The zero-order valence-electron chi connectivity index (χ0n) is 19.8. The van der Waals surface area contributed by atoms with E-state index >= 15 is 0 Å². The quantitative estimate of drug-likeness (QED) is 0.309. The first kappa shape index (κ1) is 27.0. The molecule has 0 saturated heterocycles. The van der Waals surface area contributed by atoms with Crippen LogP contribution in [0.2, 0.25) is 10.0 Å². The third-order valence-electron chi connectivity index (χ3n) is 5.67. The smallest absolute Gasteiger partial charge is 0.339 e. The zero-order valence-corrected chi connectivity index (χ0v) is 22.0. The van der Waals surface area contributed by atoms with E-state index in [1.165, 1.54) is 31.4 Å². The van der Waals surface area contributed by atoms with Gasteiger partial charge in [-0.3, -0.25) is 14.4 Å². The molecular weight excluding hydrogens is 557 g/mol. The molecule has 38 heavy (non-hydrogen) atoms. The number of carbonyl (C=O) groups is 4. The Labute approximate surface area is 231 Å². The molecule has 0 aromatic heterocycles. The Morgan fingerprint density at radius 2 is 1.66 bits per heavy atom. The van der Waals surface area contributed by atoms with Crippen molar-refractivity contribution in [1.29, 1.82) is 0 Å². The van der Waals surface area contributed by atoms with Crippen molar-refractivity contribution < 1.29 is 29.0 Å². The van der Waals surface area contributed by atoms with Gasteiger partial charge in [0.25, 0.3) is 17.7 Å². The molecule has 0 aliphatic carbocycles. The topological polar surface area (TPSA) is 125 Å². The second-order valence-corrected chi connectivity index (χ2v) is 9.21. The number of amides is 3. The summed E-state index contributed by atoms with van der Waals surface area (Å²) in [5, 5.41) is 14.8. The van der Waals surface area contributed by atoms with E-state index in [-0.39, 0.29) is 38.3 Å². The van der Waals surface area contributed by atoms with Crippen molar-refractivity contribution in [3.8, 4) is 5.75 Å². The lowest BCUT2D eigenvalue weighted by Crippen LogP contribution is -2.32. The highest BCUT2D eigenvalue weighted by Crippen LogP contribution is 2.35. The van der Waals surface area contributed by atoms with Crippen LogP contribution in [0.25, 0.3) is 0 Å². The molecule has 0 spiro atoms. The van der Waals surface area contributed by atoms with Gasteiger partial charge >= 0.3 is 5.97 Å². The summed E-state index contributed by atoms with van der Waals surface area (Å²) in [4.78, 5) is 51.2. The fourth-order valence-electron chi connectivity index (χ4n) is 3.73. The first-order chi connectivity index (χ1) is 18.0. The molecule has 0 atom stereocenters. The maximum Gasteiger partial charge on any atom is 0.339 e. The number of halogens is 3. The van der Waals surface area contributed by atoms with Gasteiger partial charge in [-0.1, -0.05) is 46.9 Å². The van der Waals surface area contributed by atoms with Gasteiger partial charge in [0.2, 0.25) is 0 Å². The van der Waals surface area contributed by atoms with Gasteiger partial charge in [0.05, 0.1) is 23.5 Å². The first-order valence-corrected chi connectivity index (χ1v) is 12.0. The highest BCUT2D eigenvalue weighted by atomic mass is 35.5. The third-order valence-corrected chi connectivity index (χ3v) is 6.74. The Morgan fingerprint density at radius 3 is 2.34 bits per heavy atom. The maximum atomic E-state index is 13.1. The van der Waals surface area contributed by atoms with Crippen LogP contribution >= 0.6 is 34.8 Å². The lowest BCUT2D eigenvalue weighted by atomic mass is 10.1. The number of nitrogens with zero attached hydrogens (tertiary/aromatic N) is 1. The van der Waals surface area contributed by atoms with Gasteiger partial charge in [0, 0.05) is 22.3 Å². The number of rotatable bonds is 7. The second kappa shape index (κ2) is 10.7. The molecule has 1 aliphatic heterocycles. The highest BCUT2D eigenvalue weighted by molar-refractivity contribution is 6.53. The Bertz CT molecular complexity index is 1550. The predicted molar refractivity (Wildman–Crippen MR) is 145 cm³/mol. The third kappa shape index (κ3) is 5.04. The summed E-state index contributed by atoms with van der Waals surface area (Å²) in [7, 11) is 1.29. The molecule has 1 aliphatic rings. The minimum absolute atomic E-state index is 0.00534. The van der Waals surface area contributed by atoms with Crippen LogP contribution in [-0.4, -0.2) is 35.9 Å². The first-order valence-electron chi connectivity index (χ1n) is 10.9. The van der Waals surface area contributed by atoms with Crippen molar-refractivity contribution in [3.63, 3.8) is 0 Å². The SMILES string of the molecule is COc1cc(NC(=O)c2cccc(NC3=C(Cl)C(=O)N(c4cccc(Cl)c4C)C3=O)c2)c(Cl)cc1C(=O)O. The van der Waals surface area contributed by atoms with Gasteiger partial charge in [0.15, 0.2) is 0 Å². The molecule has 0 bridgehead atoms. The van der Waals surface area contributed by atoms with Gasteiger partial charge in [-0.25, -0.2) is 9.69 Å². The number of carboxylic acid groups (broad SMARTS) is 1. The molecule has 0 unspecified atom stereocenters. The van der Waals surface area contributed by atoms with Gasteiger partial charge in [0.1, 0.15) is 22.0 Å². The van der Waals surface area contributed by atoms with E-state index in [0.29, 0.717) is 22.0 Å². The Hall–Kier alpha value is -4.05. The lowest BCUT2D eigenvalue weighted by Gasteiger charge is -2.18. The van der Waals surface area contributed by atoms with Crippen LogP contribution in [0.15, 0.2) is 65.3 Å². The van der Waals surface area contributed by atoms with Gasteiger partial charge < -0.3 is 20.5 Å². The summed E-state index contributed by atoms with van der Waals surface area (Å²) in [6.07, 6.45) is 0. The summed E-state index contributed by atoms with van der Waals surface area (Å²) >= 11 is 18.5. The maximum absolute atomic E-state index is 13.1. The second-order valence-electron chi connectivity index (χ2n) is 8.02. The zero-order chi connectivity index (χ0) is 27.7. The number of nitrogens with one attached hydrogen (secondary N) is 2. The molecule has 0 radical (unpaired) electrons. The van der Waals surface area contributed by atoms with Crippen LogP contribution < -0.4 is 20.3 Å². The van der Waals surface area contributed by atoms with Crippen molar-refractivity contribution in [2.75, 3.05) is 22.6 Å². The molecule has 1 heterocycles. The number of imide groups is 1. The molecule has 9 nitrogen and oxygen atoms in total. The van der Waals surface area contributed by atoms with Crippen LogP contribution in [0, 0.1) is 6.92 Å². The number of anilines is 3. The van der Waals surface area contributed by atoms with Crippen molar-refractivity contribution in [2.24, 2.45) is 0 Å². The van der Waals surface area contributed by atoms with Crippen molar-refractivity contribution >= 4 is 75.6 Å². The number of benzene rings is 3. The number of hydrogen-bond donors (Lipinski definition) is 3. The predicted octanol–water partition coefficient (Wildman–Crippen LogP) is 5.70. The molecule has 4 rings (SSSR count). The molecular formula is C26H18Cl3N3O6. The van der Waals surface area contributed by atoms with Crippen molar-refractivity contribution in [3.05, 3.63) is 92.1 Å². The molecule has 0 fully saturated rings. The summed E-state index contributed by atoms with van der Waals surface area (Å²) in [6.45, 7) is 1.68. The van der Waals surface area contributed by atoms with E-state index in [0.717, 1.165) is 4.90 Å². The van der Waals surface area contributed by atoms with Crippen molar-refractivity contribution in [2.45, 2.75) is 6.92 Å². The summed E-state index contributed by atoms with van der Waals surface area (Å²) in [5.74, 6) is -3.20. The summed E-state index contributed by atoms with van der Waals surface area (Å²) in [5.41, 5.74) is 1.12. The molecule has 12 heteroatoms. The molecule has 3 aromatic rings. The number of ether oxygens (including phenoxy) is 1. The van der Waals surface area contributed by atoms with Gasteiger partial charge in [-0.2, -0.15) is 0 Å². The summed E-state index contributed by atoms with van der Waals surface area (Å²) < 4.78 is 5.08. The van der Waals surface area contributed by atoms with E-state index in [2.05, 4.69) is 10.6 Å². The highest BCUT2D eigenvalue weighted by Gasteiger charge is 2.39. The number of carboxylic acids is 1. The monoisotopic (exact) mass is 573 g/mol. The van der Waals surface area contributed by atoms with E-state index in [9.17, 15) is 24.3 Å². The Kier molecular flexibility index (Phi) is 7.63. The molecule has 3 amide bonds. The minimum Gasteiger partial charge on any atom is -0.496 e. The summed E-state index contributed by atoms with van der Waals surface area (Å²) in [6, 6.07) is 13.4. The minimum atomic E-state index is -1.24. The van der Waals surface area contributed by atoms with Gasteiger partial charge in [-0.15, -0.1) is 0 Å². The number of carbonyl (C=O) groups excluding carboxylic acids is 3. The molecule has 3 N–H and O–H groups in total. The van der Waals surface area contributed by atoms with E-state index in [4.69, 9.17) is 39.5 Å². The van der Waals surface area contributed by atoms with E-state index in [1.807, 2.05) is 0 Å². The average Bonchev–Trinajstić information content (AvgIpc) is 3.09. The fraction of sp³-hybridized carbons (Fsp3) is 0.0769. The van der Waals surface area contributed by atoms with Crippen LogP contribution in [-0.2, 0) is 9.59 Å². The number of hydrogen-bond acceptors (Lipinski definition) is 6. The standard InChI is InChI=1S/C26H18Cl3N3O6/c1-12-16(27)7-4-8-19(12)32-24(34)21(29)22(25(32)35)30-14-6-3-5-13(9-14)23(33)31-18-11-20(38-2)15(26(36)37)10-17(18)28/h3-11,30H,1-2H3,(H,31,33)(H,36,37). The molecule has 0 saturated carbocycles. The van der Waals surface area contributed by atoms with Crippen LogP contribution in [0.5, 0.6) is 5.75 Å². The largest absolute Gasteiger partial charge is 0.496 e. The van der Waals surface area contributed by atoms with Crippen LogP contribution in [0.1, 0.15) is 26.3 Å². The molecule has 3 aromatic carbocycles. The van der Waals surface area contributed by atoms with Crippen LogP contribution in [0.4, 0.5) is 17.1 Å². The normalized spacial score (nSPS) is 13.1. The fourth-order valence-corrected chi connectivity index (χ4v) is 4.32. The Morgan fingerprint density at radius 1 is 0.947 bits per heavy atom. The number of methoxy groups -OCH3 is 1. The lowest BCUT2D eigenvalue weighted by molar-refractivity contribution is -0.120. The van der Waals surface area contributed by atoms with Crippen LogP contribution in [0.3, 0.4) is 0 Å². The van der Waals surface area contributed by atoms with E-state index in [1.54, 1.807) is 37.3 Å². The Balaban J connectivity index is 1.57. The van der Waals surface area contributed by atoms with Crippen molar-refractivity contribution in [1.82, 2.24) is 0 Å². The van der Waals surface area contributed by atoms with E-state index < -0.39 is 23.7 Å².